The molecule has 0 spiro atoms. The third kappa shape index (κ3) is 0.625. The van der Waals surface area contributed by atoms with Gasteiger partial charge in [0.1, 0.15) is 5.75 Å². The Bertz CT molecular complexity index is 268. The molecule has 0 saturated heterocycles. The van der Waals surface area contributed by atoms with Gasteiger partial charge in [-0.25, -0.2) is 0 Å². The molecular formula is C8H8O2. The minimum Gasteiger partial charge on any atom is -0.508 e. The number of benzene rings is 1. The molecule has 1 atom stereocenters. The standard InChI is InChI=1S/C8H8O2/c9-6-2-1-5-3-8(10)7(5)4-6/h1-2,4,8-10H,3H2. The van der Waals surface area contributed by atoms with Crippen molar-refractivity contribution in [2.75, 3.05) is 0 Å². The molecular weight excluding hydrogens is 128 g/mol. The molecule has 0 bridgehead atoms. The predicted octanol–water partition coefficient (Wildman–Crippen LogP) is 0.982. The van der Waals surface area contributed by atoms with Gasteiger partial charge < -0.3 is 10.2 Å². The van der Waals surface area contributed by atoms with Gasteiger partial charge in [-0.3, -0.25) is 0 Å². The number of fused-ring (bicyclic) bond motifs is 1. The van der Waals surface area contributed by atoms with E-state index in [1.54, 1.807) is 12.1 Å². The van der Waals surface area contributed by atoms with Gasteiger partial charge >= 0.3 is 0 Å². The molecule has 2 heteroatoms. The second kappa shape index (κ2) is 1.73. The minimum atomic E-state index is -0.345. The highest BCUT2D eigenvalue weighted by molar-refractivity contribution is 5.42. The predicted molar refractivity (Wildman–Crippen MR) is 36.8 cm³/mol. The number of hydrogen-bond donors (Lipinski definition) is 2. The van der Waals surface area contributed by atoms with Gasteiger partial charge in [0.2, 0.25) is 0 Å². The van der Waals surface area contributed by atoms with E-state index in [0.717, 1.165) is 17.5 Å². The van der Waals surface area contributed by atoms with Crippen molar-refractivity contribution in [3.05, 3.63) is 29.3 Å². The van der Waals surface area contributed by atoms with E-state index in [4.69, 9.17) is 10.2 Å². The summed E-state index contributed by atoms with van der Waals surface area (Å²) in [4.78, 5) is 0. The van der Waals surface area contributed by atoms with E-state index in [2.05, 4.69) is 0 Å². The molecule has 0 radical (unpaired) electrons. The molecule has 0 heterocycles. The topological polar surface area (TPSA) is 40.5 Å². The van der Waals surface area contributed by atoms with Crippen LogP contribution in [0.15, 0.2) is 18.2 Å². The molecule has 52 valence electrons. The number of aliphatic hydroxyl groups excluding tert-OH is 1. The number of phenols is 1. The Hall–Kier alpha value is -1.02. The van der Waals surface area contributed by atoms with Crippen LogP contribution in [0, 0.1) is 0 Å². The van der Waals surface area contributed by atoms with Gasteiger partial charge in [-0.2, -0.15) is 0 Å². The van der Waals surface area contributed by atoms with Crippen molar-refractivity contribution in [1.29, 1.82) is 0 Å². The lowest BCUT2D eigenvalue weighted by atomic mass is 9.85. The number of aromatic hydroxyl groups is 1. The second-order valence-electron chi connectivity index (χ2n) is 2.60. The maximum absolute atomic E-state index is 9.11. The average molecular weight is 136 g/mol. The van der Waals surface area contributed by atoms with Crippen molar-refractivity contribution >= 4 is 0 Å². The van der Waals surface area contributed by atoms with Gasteiger partial charge in [-0.05, 0) is 23.3 Å². The quantitative estimate of drug-likeness (QED) is 0.558. The van der Waals surface area contributed by atoms with Crippen LogP contribution in [0.25, 0.3) is 0 Å². The summed E-state index contributed by atoms with van der Waals surface area (Å²) < 4.78 is 0. The van der Waals surface area contributed by atoms with Crippen molar-refractivity contribution in [3.8, 4) is 5.75 Å². The largest absolute Gasteiger partial charge is 0.508 e. The first-order chi connectivity index (χ1) is 4.77. The Morgan fingerprint density at radius 2 is 2.20 bits per heavy atom. The molecule has 0 fully saturated rings. The van der Waals surface area contributed by atoms with Crippen LogP contribution in [0.4, 0.5) is 0 Å². The number of hydrogen-bond acceptors (Lipinski definition) is 2. The molecule has 1 aliphatic carbocycles. The van der Waals surface area contributed by atoms with Crippen LogP contribution in [0.3, 0.4) is 0 Å². The van der Waals surface area contributed by atoms with Crippen molar-refractivity contribution in [2.24, 2.45) is 0 Å². The highest BCUT2D eigenvalue weighted by Crippen LogP contribution is 2.34. The normalized spacial score (nSPS) is 21.5. The number of phenolic OH excluding ortho intramolecular Hbond substituents is 1. The van der Waals surface area contributed by atoms with E-state index in [-0.39, 0.29) is 11.9 Å². The fourth-order valence-corrected chi connectivity index (χ4v) is 1.27. The van der Waals surface area contributed by atoms with E-state index >= 15 is 0 Å². The summed E-state index contributed by atoms with van der Waals surface area (Å²) in [6.45, 7) is 0. The van der Waals surface area contributed by atoms with Crippen LogP contribution in [0.5, 0.6) is 5.75 Å². The Morgan fingerprint density at radius 1 is 1.40 bits per heavy atom. The lowest BCUT2D eigenvalue weighted by Gasteiger charge is -2.25. The Balaban J connectivity index is 2.51. The SMILES string of the molecule is Oc1ccc2c(c1)C(O)C2. The molecule has 1 aliphatic rings. The molecule has 1 aromatic carbocycles. The van der Waals surface area contributed by atoms with Crippen LogP contribution in [0.1, 0.15) is 17.2 Å². The summed E-state index contributed by atoms with van der Waals surface area (Å²) in [5.41, 5.74) is 2.02. The fourth-order valence-electron chi connectivity index (χ4n) is 1.27. The minimum absolute atomic E-state index is 0.234. The molecule has 0 saturated carbocycles. The maximum atomic E-state index is 9.11. The monoisotopic (exact) mass is 136 g/mol. The van der Waals surface area contributed by atoms with E-state index in [0.29, 0.717) is 0 Å². The van der Waals surface area contributed by atoms with Crippen molar-refractivity contribution in [1.82, 2.24) is 0 Å². The lowest BCUT2D eigenvalue weighted by Crippen LogP contribution is -2.15. The first kappa shape index (κ1) is 5.74. The van der Waals surface area contributed by atoms with Gasteiger partial charge in [0.25, 0.3) is 0 Å². The van der Waals surface area contributed by atoms with Crippen LogP contribution in [0.2, 0.25) is 0 Å². The zero-order valence-electron chi connectivity index (χ0n) is 5.41. The first-order valence-electron chi connectivity index (χ1n) is 3.27. The summed E-state index contributed by atoms with van der Waals surface area (Å²) in [7, 11) is 0. The third-order valence-corrected chi connectivity index (χ3v) is 1.90. The summed E-state index contributed by atoms with van der Waals surface area (Å²) in [5, 5.41) is 18.1. The van der Waals surface area contributed by atoms with Gasteiger partial charge in [0.15, 0.2) is 0 Å². The van der Waals surface area contributed by atoms with E-state index in [1.807, 2.05) is 6.07 Å². The number of aliphatic hydroxyl groups is 1. The molecule has 0 aromatic heterocycles. The van der Waals surface area contributed by atoms with Gasteiger partial charge in [0.05, 0.1) is 6.10 Å². The van der Waals surface area contributed by atoms with Crippen LogP contribution < -0.4 is 0 Å². The molecule has 1 unspecified atom stereocenters. The van der Waals surface area contributed by atoms with E-state index in [9.17, 15) is 0 Å². The van der Waals surface area contributed by atoms with Crippen molar-refractivity contribution in [2.45, 2.75) is 12.5 Å². The molecule has 2 rings (SSSR count). The van der Waals surface area contributed by atoms with E-state index in [1.165, 1.54) is 0 Å². The van der Waals surface area contributed by atoms with Gasteiger partial charge in [0, 0.05) is 6.42 Å². The fraction of sp³-hybridized carbons (Fsp3) is 0.250. The molecule has 10 heavy (non-hydrogen) atoms. The summed E-state index contributed by atoms with van der Waals surface area (Å²) >= 11 is 0. The highest BCUT2D eigenvalue weighted by atomic mass is 16.3. The summed E-state index contributed by atoms with van der Waals surface area (Å²) in [5.74, 6) is 0.234. The van der Waals surface area contributed by atoms with E-state index < -0.39 is 0 Å². The maximum Gasteiger partial charge on any atom is 0.115 e. The average Bonchev–Trinajstić information content (AvgIpc) is 1.92. The smallest absolute Gasteiger partial charge is 0.115 e. The molecule has 2 N–H and O–H groups in total. The third-order valence-electron chi connectivity index (χ3n) is 1.90. The number of rotatable bonds is 0. The zero-order chi connectivity index (χ0) is 7.14. The van der Waals surface area contributed by atoms with Gasteiger partial charge in [-0.15, -0.1) is 0 Å². The summed E-state index contributed by atoms with van der Waals surface area (Å²) in [6.07, 6.45) is 0.386. The Kier molecular flexibility index (Phi) is 0.995. The second-order valence-corrected chi connectivity index (χ2v) is 2.60. The van der Waals surface area contributed by atoms with Crippen LogP contribution in [-0.2, 0) is 6.42 Å². The molecule has 2 nitrogen and oxygen atoms in total. The Morgan fingerprint density at radius 3 is 2.80 bits per heavy atom. The van der Waals surface area contributed by atoms with Gasteiger partial charge in [-0.1, -0.05) is 6.07 Å². The van der Waals surface area contributed by atoms with Crippen LogP contribution >= 0.6 is 0 Å². The lowest BCUT2D eigenvalue weighted by molar-refractivity contribution is 0.153. The Labute approximate surface area is 58.7 Å². The molecule has 1 aromatic rings. The van der Waals surface area contributed by atoms with Crippen molar-refractivity contribution < 1.29 is 10.2 Å². The summed E-state index contributed by atoms with van der Waals surface area (Å²) in [6, 6.07) is 5.10. The first-order valence-corrected chi connectivity index (χ1v) is 3.27. The molecule has 0 aliphatic heterocycles. The van der Waals surface area contributed by atoms with Crippen molar-refractivity contribution in [3.63, 3.8) is 0 Å². The zero-order valence-corrected chi connectivity index (χ0v) is 5.41. The molecule has 0 amide bonds. The van der Waals surface area contributed by atoms with Crippen LogP contribution in [-0.4, -0.2) is 10.2 Å². The highest BCUT2D eigenvalue weighted by Gasteiger charge is 2.23.